The van der Waals surface area contributed by atoms with Crippen molar-refractivity contribution in [1.82, 2.24) is 4.90 Å². The quantitative estimate of drug-likeness (QED) is 0.425. The maximum Gasteiger partial charge on any atom is 0.352 e. The summed E-state index contributed by atoms with van der Waals surface area (Å²) in [4.78, 5) is 23.3. The topological polar surface area (TPSA) is 107 Å². The van der Waals surface area contributed by atoms with E-state index in [2.05, 4.69) is 0 Å². The van der Waals surface area contributed by atoms with Crippen LogP contribution in [0.2, 0.25) is 0 Å². The number of nitrogens with two attached hydrogens (primary N) is 1. The lowest BCUT2D eigenvalue weighted by Gasteiger charge is -2.47. The van der Waals surface area contributed by atoms with Gasteiger partial charge in [-0.1, -0.05) is 0 Å². The number of β-lactam (4-membered cyclic amide) rings is 1. The molecule has 2 aliphatic rings. The van der Waals surface area contributed by atoms with Crippen LogP contribution in [0.25, 0.3) is 0 Å². The summed E-state index contributed by atoms with van der Waals surface area (Å²) < 4.78 is 11.6. The van der Waals surface area contributed by atoms with Crippen LogP contribution in [0.5, 0.6) is 0 Å². The minimum atomic E-state index is -1.29. The fraction of sp³-hybridized carbons (Fsp3) is 0.500. The summed E-state index contributed by atoms with van der Waals surface area (Å²) in [6, 6.07) is -0.826. The number of hydrogen-bond donors (Lipinski definition) is 2. The number of carbonyl (C=O) groups is 2. The van der Waals surface area contributed by atoms with Gasteiger partial charge in [0.15, 0.2) is 6.04 Å². The summed E-state index contributed by atoms with van der Waals surface area (Å²) in [6.45, 7) is 1.56. The molecule has 0 bridgehead atoms. The molecule has 2 heterocycles. The van der Waals surface area contributed by atoms with Crippen molar-refractivity contribution >= 4 is 23.1 Å². The fourth-order valence-electron chi connectivity index (χ4n) is 1.86. The Hall–Kier alpha value is -1.05. The monoisotopic (exact) mass is 230 g/mol. The van der Waals surface area contributed by atoms with Crippen LogP contribution in [0.15, 0.2) is 11.3 Å². The first-order valence-corrected chi connectivity index (χ1v) is 5.72. The minimum absolute atomic E-state index is 0.0636. The number of fused-ring (bicyclic) bond motifs is 1. The first kappa shape index (κ1) is 10.5. The van der Waals surface area contributed by atoms with Crippen LogP contribution in [-0.2, 0) is 20.8 Å². The highest BCUT2D eigenvalue weighted by Crippen LogP contribution is 2.35. The minimum Gasteiger partial charge on any atom is -0.614 e. The van der Waals surface area contributed by atoms with Gasteiger partial charge < -0.3 is 15.4 Å². The molecule has 3 N–H and O–H groups in total. The molecule has 1 amide bonds. The normalized spacial score (nSPS) is 35.0. The molecule has 1 fully saturated rings. The van der Waals surface area contributed by atoms with Gasteiger partial charge in [0.25, 0.3) is 5.91 Å². The molecule has 2 aliphatic heterocycles. The van der Waals surface area contributed by atoms with Crippen molar-refractivity contribution in [3.05, 3.63) is 11.3 Å². The van der Waals surface area contributed by atoms with Crippen LogP contribution >= 0.6 is 0 Å². The van der Waals surface area contributed by atoms with Gasteiger partial charge in [-0.15, -0.1) is 0 Å². The molecule has 2 unspecified atom stereocenters. The van der Waals surface area contributed by atoms with E-state index in [1.165, 1.54) is 0 Å². The van der Waals surface area contributed by atoms with Crippen molar-refractivity contribution in [1.29, 1.82) is 0 Å². The molecular formula is C8H10N2O4S. The second-order valence-corrected chi connectivity index (χ2v) is 5.12. The van der Waals surface area contributed by atoms with Crippen LogP contribution in [0.1, 0.15) is 6.92 Å². The maximum atomic E-state index is 11.6. The van der Waals surface area contributed by atoms with E-state index in [0.717, 1.165) is 4.90 Å². The number of hydrogen-bond acceptors (Lipinski definition) is 4. The third kappa shape index (κ3) is 1.27. The highest BCUT2D eigenvalue weighted by molar-refractivity contribution is 7.92. The zero-order valence-electron chi connectivity index (χ0n) is 7.97. The number of carboxylic acid groups (broad SMARTS) is 1. The Balaban J connectivity index is 2.42. The Bertz CT molecular complexity index is 381. The molecule has 2 rings (SSSR count). The number of aliphatic carboxylic acids is 1. The van der Waals surface area contributed by atoms with Gasteiger partial charge in [0.1, 0.15) is 11.4 Å². The van der Waals surface area contributed by atoms with Crippen molar-refractivity contribution in [3.63, 3.8) is 0 Å². The predicted molar refractivity (Wildman–Crippen MR) is 52.0 cm³/mol. The van der Waals surface area contributed by atoms with Crippen molar-refractivity contribution in [2.24, 2.45) is 5.73 Å². The maximum absolute atomic E-state index is 11.6. The number of amides is 1. The lowest BCUT2D eigenvalue weighted by Crippen LogP contribution is -2.73. The van der Waals surface area contributed by atoms with E-state index >= 15 is 0 Å². The SMILES string of the molecule is CC1=C(C(=O)O)N2C(=O)C(N)[C@@H]2[S+]([O-])C1. The third-order valence-corrected chi connectivity index (χ3v) is 4.32. The molecule has 3 atom stereocenters. The molecule has 0 spiro atoms. The first-order chi connectivity index (χ1) is 6.95. The number of rotatable bonds is 1. The van der Waals surface area contributed by atoms with Crippen LogP contribution < -0.4 is 5.73 Å². The Morgan fingerprint density at radius 2 is 2.33 bits per heavy atom. The molecule has 6 nitrogen and oxygen atoms in total. The predicted octanol–water partition coefficient (Wildman–Crippen LogP) is -1.40. The number of carboxylic acids is 1. The van der Waals surface area contributed by atoms with Crippen molar-refractivity contribution < 1.29 is 19.2 Å². The van der Waals surface area contributed by atoms with Crippen LogP contribution in [0.4, 0.5) is 0 Å². The molecule has 0 saturated carbocycles. The van der Waals surface area contributed by atoms with E-state index in [9.17, 15) is 14.1 Å². The van der Waals surface area contributed by atoms with Gasteiger partial charge in [-0.05, 0) is 18.1 Å². The highest BCUT2D eigenvalue weighted by atomic mass is 32.2. The van der Waals surface area contributed by atoms with E-state index in [0.29, 0.717) is 5.57 Å². The van der Waals surface area contributed by atoms with E-state index in [1.54, 1.807) is 6.92 Å². The molecular weight excluding hydrogens is 220 g/mol. The Morgan fingerprint density at radius 3 is 2.87 bits per heavy atom. The third-order valence-electron chi connectivity index (χ3n) is 2.56. The summed E-state index contributed by atoms with van der Waals surface area (Å²) in [5.74, 6) is -1.47. The van der Waals surface area contributed by atoms with Gasteiger partial charge in [0.2, 0.25) is 5.37 Å². The first-order valence-electron chi connectivity index (χ1n) is 4.34. The summed E-state index contributed by atoms with van der Waals surface area (Å²) in [6.07, 6.45) is 0. The molecule has 15 heavy (non-hydrogen) atoms. The van der Waals surface area contributed by atoms with E-state index < -0.39 is 34.5 Å². The molecule has 0 aromatic heterocycles. The van der Waals surface area contributed by atoms with Crippen molar-refractivity contribution in [3.8, 4) is 0 Å². The lowest BCUT2D eigenvalue weighted by atomic mass is 10.0. The highest BCUT2D eigenvalue weighted by Gasteiger charge is 2.58. The largest absolute Gasteiger partial charge is 0.614 e. The Morgan fingerprint density at radius 1 is 1.73 bits per heavy atom. The molecule has 0 aromatic carbocycles. The lowest BCUT2D eigenvalue weighted by molar-refractivity contribution is -0.148. The Labute approximate surface area is 88.9 Å². The van der Waals surface area contributed by atoms with E-state index in [4.69, 9.17) is 10.8 Å². The standard InChI is InChI=1S/C8H10N2O4S/c1-3-2-15(14)7-4(9)6(11)10(7)5(3)8(12)13/h4,7H,2,9H2,1H3,(H,12,13)/t4?,7-,15?/m0/s1. The second kappa shape index (κ2) is 3.22. The van der Waals surface area contributed by atoms with Crippen molar-refractivity contribution in [2.75, 3.05) is 5.75 Å². The molecule has 1 saturated heterocycles. The Kier molecular flexibility index (Phi) is 2.25. The van der Waals surface area contributed by atoms with Gasteiger partial charge >= 0.3 is 5.97 Å². The smallest absolute Gasteiger partial charge is 0.352 e. The fourth-order valence-corrected chi connectivity index (χ4v) is 3.49. The van der Waals surface area contributed by atoms with Crippen LogP contribution in [0.3, 0.4) is 0 Å². The van der Waals surface area contributed by atoms with E-state index in [1.807, 2.05) is 0 Å². The summed E-state index contributed by atoms with van der Waals surface area (Å²) in [7, 11) is 0. The molecule has 0 aromatic rings. The summed E-state index contributed by atoms with van der Waals surface area (Å²) in [5.41, 5.74) is 5.87. The number of carbonyl (C=O) groups excluding carboxylic acids is 1. The van der Waals surface area contributed by atoms with Gasteiger partial charge in [0, 0.05) is 5.57 Å². The summed E-state index contributed by atoms with van der Waals surface area (Å²) >= 11 is -1.29. The zero-order valence-corrected chi connectivity index (χ0v) is 8.78. The van der Waals surface area contributed by atoms with Gasteiger partial charge in [-0.2, -0.15) is 0 Å². The van der Waals surface area contributed by atoms with Gasteiger partial charge in [0.05, 0.1) is 0 Å². The summed E-state index contributed by atoms with van der Waals surface area (Å²) in [5, 5.41) is 8.27. The molecule has 82 valence electrons. The number of nitrogens with zero attached hydrogens (tertiary/aromatic N) is 1. The second-order valence-electron chi connectivity index (χ2n) is 3.58. The van der Waals surface area contributed by atoms with E-state index in [-0.39, 0.29) is 11.4 Å². The van der Waals surface area contributed by atoms with Crippen molar-refractivity contribution in [2.45, 2.75) is 18.3 Å². The van der Waals surface area contributed by atoms with Crippen LogP contribution in [-0.4, -0.2) is 43.6 Å². The molecule has 0 aliphatic carbocycles. The molecule has 0 radical (unpaired) electrons. The van der Waals surface area contributed by atoms with Crippen LogP contribution in [0, 0.1) is 0 Å². The average molecular weight is 230 g/mol. The van der Waals surface area contributed by atoms with Gasteiger partial charge in [-0.25, -0.2) is 4.79 Å². The average Bonchev–Trinajstić information content (AvgIpc) is 2.15. The molecule has 7 heteroatoms. The van der Waals surface area contributed by atoms with Gasteiger partial charge in [-0.3, -0.25) is 9.69 Å². The zero-order chi connectivity index (χ0) is 11.3.